The molecule has 0 spiro atoms. The molecular formula is C18H24N2O6S. The van der Waals surface area contributed by atoms with Crippen LogP contribution in [-0.4, -0.2) is 75.0 Å². The van der Waals surface area contributed by atoms with Gasteiger partial charge in [0.2, 0.25) is 10.0 Å². The highest BCUT2D eigenvalue weighted by molar-refractivity contribution is 7.89. The fraction of sp³-hybridized carbons (Fsp3) is 0.556. The standard InChI is InChI=1S/C18H24N2O6S/c1-14(17(21)19-7-2-3-8-19)26-18(22)15-5-4-6-16(13-15)27(23,24)20-9-11-25-12-10-20/h4-6,13-14H,2-3,7-12H2,1H3/t14-/m1/s1. The molecule has 1 amide bonds. The highest BCUT2D eigenvalue weighted by atomic mass is 32.2. The van der Waals surface area contributed by atoms with E-state index in [-0.39, 0.29) is 29.5 Å². The predicted molar refractivity (Wildman–Crippen MR) is 96.7 cm³/mol. The second-order valence-electron chi connectivity index (χ2n) is 6.62. The van der Waals surface area contributed by atoms with Crippen LogP contribution in [0.25, 0.3) is 0 Å². The van der Waals surface area contributed by atoms with E-state index in [9.17, 15) is 18.0 Å². The number of carbonyl (C=O) groups is 2. The Morgan fingerprint density at radius 3 is 2.44 bits per heavy atom. The van der Waals surface area contributed by atoms with Gasteiger partial charge >= 0.3 is 5.97 Å². The van der Waals surface area contributed by atoms with E-state index in [1.807, 2.05) is 0 Å². The minimum atomic E-state index is -3.71. The third kappa shape index (κ3) is 4.48. The fourth-order valence-corrected chi connectivity index (χ4v) is 4.65. The van der Waals surface area contributed by atoms with Gasteiger partial charge in [0.1, 0.15) is 0 Å². The molecule has 9 heteroatoms. The molecule has 0 radical (unpaired) electrons. The smallest absolute Gasteiger partial charge is 0.338 e. The number of likely N-dealkylation sites (tertiary alicyclic amines) is 1. The Hall–Kier alpha value is -1.97. The molecule has 0 bridgehead atoms. The van der Waals surface area contributed by atoms with Gasteiger partial charge in [0, 0.05) is 26.2 Å². The van der Waals surface area contributed by atoms with Crippen molar-refractivity contribution in [2.24, 2.45) is 0 Å². The molecule has 3 rings (SSSR count). The van der Waals surface area contributed by atoms with E-state index in [1.54, 1.807) is 4.90 Å². The van der Waals surface area contributed by atoms with Crippen LogP contribution in [0.3, 0.4) is 0 Å². The van der Waals surface area contributed by atoms with E-state index >= 15 is 0 Å². The maximum absolute atomic E-state index is 12.7. The number of rotatable bonds is 5. The Morgan fingerprint density at radius 2 is 1.78 bits per heavy atom. The summed E-state index contributed by atoms with van der Waals surface area (Å²) in [5.74, 6) is -0.938. The van der Waals surface area contributed by atoms with Crippen molar-refractivity contribution in [2.45, 2.75) is 30.8 Å². The minimum absolute atomic E-state index is 0.0253. The van der Waals surface area contributed by atoms with Gasteiger partial charge in [-0.3, -0.25) is 4.79 Å². The zero-order chi connectivity index (χ0) is 19.4. The predicted octanol–water partition coefficient (Wildman–Crippen LogP) is 0.875. The first kappa shape index (κ1) is 19.8. The van der Waals surface area contributed by atoms with Crippen LogP contribution in [0, 0.1) is 0 Å². The molecule has 148 valence electrons. The molecule has 8 nitrogen and oxygen atoms in total. The number of morpholine rings is 1. The van der Waals surface area contributed by atoms with Crippen LogP contribution in [0.15, 0.2) is 29.2 Å². The molecule has 1 aromatic carbocycles. The largest absolute Gasteiger partial charge is 0.449 e. The van der Waals surface area contributed by atoms with Crippen LogP contribution < -0.4 is 0 Å². The molecule has 1 aromatic rings. The Kier molecular flexibility index (Phi) is 6.13. The second kappa shape index (κ2) is 8.37. The van der Waals surface area contributed by atoms with E-state index in [2.05, 4.69) is 0 Å². The number of amides is 1. The summed E-state index contributed by atoms with van der Waals surface area (Å²) in [5, 5.41) is 0. The molecule has 2 fully saturated rings. The number of ether oxygens (including phenoxy) is 2. The number of benzene rings is 1. The van der Waals surface area contributed by atoms with Crippen molar-refractivity contribution < 1.29 is 27.5 Å². The van der Waals surface area contributed by atoms with Crippen LogP contribution in [-0.2, 0) is 24.3 Å². The summed E-state index contributed by atoms with van der Waals surface area (Å²) in [7, 11) is -3.71. The van der Waals surface area contributed by atoms with Crippen molar-refractivity contribution in [3.63, 3.8) is 0 Å². The van der Waals surface area contributed by atoms with Gasteiger partial charge in [0.25, 0.3) is 5.91 Å². The zero-order valence-electron chi connectivity index (χ0n) is 15.3. The third-order valence-electron chi connectivity index (χ3n) is 4.73. The average Bonchev–Trinajstić information content (AvgIpc) is 3.23. The quantitative estimate of drug-likeness (QED) is 0.686. The maximum atomic E-state index is 12.7. The second-order valence-corrected chi connectivity index (χ2v) is 8.56. The lowest BCUT2D eigenvalue weighted by Gasteiger charge is -2.26. The molecule has 0 unspecified atom stereocenters. The SMILES string of the molecule is C[C@@H](OC(=O)c1cccc(S(=O)(=O)N2CCOCC2)c1)C(=O)N1CCCC1. The van der Waals surface area contributed by atoms with Crippen LogP contribution in [0.5, 0.6) is 0 Å². The molecule has 0 saturated carbocycles. The summed E-state index contributed by atoms with van der Waals surface area (Å²) in [6.45, 7) is 4.12. The molecule has 27 heavy (non-hydrogen) atoms. The van der Waals surface area contributed by atoms with Crippen LogP contribution in [0.4, 0.5) is 0 Å². The van der Waals surface area contributed by atoms with Gasteiger partial charge in [-0.25, -0.2) is 13.2 Å². The van der Waals surface area contributed by atoms with Crippen molar-refractivity contribution in [3.8, 4) is 0 Å². The zero-order valence-corrected chi connectivity index (χ0v) is 16.1. The summed E-state index contributed by atoms with van der Waals surface area (Å²) < 4.78 is 37.2. The van der Waals surface area contributed by atoms with Gasteiger partial charge in [0.15, 0.2) is 6.10 Å². The van der Waals surface area contributed by atoms with Crippen LogP contribution in [0.1, 0.15) is 30.1 Å². The molecule has 2 aliphatic rings. The van der Waals surface area contributed by atoms with Gasteiger partial charge < -0.3 is 14.4 Å². The number of esters is 1. The van der Waals surface area contributed by atoms with Crippen molar-refractivity contribution in [1.82, 2.24) is 9.21 Å². The molecule has 2 saturated heterocycles. The van der Waals surface area contributed by atoms with E-state index in [4.69, 9.17) is 9.47 Å². The van der Waals surface area contributed by atoms with E-state index < -0.39 is 22.1 Å². The summed E-state index contributed by atoms with van der Waals surface area (Å²) >= 11 is 0. The van der Waals surface area contributed by atoms with Crippen molar-refractivity contribution >= 4 is 21.9 Å². The summed E-state index contributed by atoms with van der Waals surface area (Å²) in [6.07, 6.45) is 0.997. The molecule has 0 aromatic heterocycles. The molecular weight excluding hydrogens is 372 g/mol. The maximum Gasteiger partial charge on any atom is 0.338 e. The van der Waals surface area contributed by atoms with E-state index in [0.29, 0.717) is 26.3 Å². The number of carbonyl (C=O) groups excluding carboxylic acids is 2. The lowest BCUT2D eigenvalue weighted by molar-refractivity contribution is -0.138. The molecule has 2 aliphatic heterocycles. The third-order valence-corrected chi connectivity index (χ3v) is 6.62. The first-order chi connectivity index (χ1) is 12.9. The summed E-state index contributed by atoms with van der Waals surface area (Å²) in [5.41, 5.74) is 0.102. The highest BCUT2D eigenvalue weighted by Gasteiger charge is 2.29. The average molecular weight is 396 g/mol. The normalized spacial score (nSPS) is 19.7. The Morgan fingerprint density at radius 1 is 1.11 bits per heavy atom. The topological polar surface area (TPSA) is 93.2 Å². The van der Waals surface area contributed by atoms with Gasteiger partial charge in [-0.2, -0.15) is 4.31 Å². The van der Waals surface area contributed by atoms with Gasteiger partial charge in [-0.15, -0.1) is 0 Å². The summed E-state index contributed by atoms with van der Waals surface area (Å²) in [6, 6.07) is 5.71. The highest BCUT2D eigenvalue weighted by Crippen LogP contribution is 2.19. The molecule has 0 aliphatic carbocycles. The van der Waals surface area contributed by atoms with Crippen LogP contribution in [0.2, 0.25) is 0 Å². The van der Waals surface area contributed by atoms with Gasteiger partial charge in [-0.05, 0) is 38.0 Å². The number of sulfonamides is 1. The monoisotopic (exact) mass is 396 g/mol. The molecule has 1 atom stereocenters. The van der Waals surface area contributed by atoms with Crippen molar-refractivity contribution in [1.29, 1.82) is 0 Å². The van der Waals surface area contributed by atoms with E-state index in [1.165, 1.54) is 35.5 Å². The first-order valence-corrected chi connectivity index (χ1v) is 10.5. The Balaban J connectivity index is 1.70. The van der Waals surface area contributed by atoms with Crippen LogP contribution >= 0.6 is 0 Å². The molecule has 2 heterocycles. The lowest BCUT2D eigenvalue weighted by Crippen LogP contribution is -2.40. The van der Waals surface area contributed by atoms with Crippen molar-refractivity contribution in [2.75, 3.05) is 39.4 Å². The minimum Gasteiger partial charge on any atom is -0.449 e. The van der Waals surface area contributed by atoms with Gasteiger partial charge in [0.05, 0.1) is 23.7 Å². The number of hydrogen-bond donors (Lipinski definition) is 0. The molecule has 0 N–H and O–H groups in total. The lowest BCUT2D eigenvalue weighted by atomic mass is 10.2. The summed E-state index contributed by atoms with van der Waals surface area (Å²) in [4.78, 5) is 26.4. The van der Waals surface area contributed by atoms with Gasteiger partial charge in [-0.1, -0.05) is 6.07 Å². The number of nitrogens with zero attached hydrogens (tertiary/aromatic N) is 2. The van der Waals surface area contributed by atoms with Crippen molar-refractivity contribution in [3.05, 3.63) is 29.8 Å². The first-order valence-electron chi connectivity index (χ1n) is 9.07. The number of hydrogen-bond acceptors (Lipinski definition) is 6. The fourth-order valence-electron chi connectivity index (χ4n) is 3.19. The Labute approximate surface area is 159 Å². The Bertz CT molecular complexity index is 798. The van der Waals surface area contributed by atoms with E-state index in [0.717, 1.165) is 12.8 Å².